The summed E-state index contributed by atoms with van der Waals surface area (Å²) in [5.74, 6) is -4.34. The maximum atomic E-state index is 14.6. The molecule has 5 rings (SSSR count). The topological polar surface area (TPSA) is 107 Å². The number of rotatable bonds is 8. The number of hydrogen-bond donors (Lipinski definition) is 1. The molecule has 7 nitrogen and oxygen atoms in total. The summed E-state index contributed by atoms with van der Waals surface area (Å²) in [6, 6.07) is 19.2. The van der Waals surface area contributed by atoms with Crippen LogP contribution in [0.1, 0.15) is 21.9 Å². The number of nitrogens with zero attached hydrogens (tertiary/aromatic N) is 1. The fourth-order valence-electron chi connectivity index (χ4n) is 5.04. The monoisotopic (exact) mass is 555 g/mol. The maximum absolute atomic E-state index is 14.6. The number of fused-ring (bicyclic) bond motifs is 1. The first-order chi connectivity index (χ1) is 18.3. The zero-order valence-corrected chi connectivity index (χ0v) is 21.3. The summed E-state index contributed by atoms with van der Waals surface area (Å²) in [6.45, 7) is 0. The molecule has 1 saturated heterocycles. The number of amides is 2. The zero-order chi connectivity index (χ0) is 27.0. The predicted molar refractivity (Wildman–Crippen MR) is 135 cm³/mol. The Labute approximate surface area is 223 Å². The smallest absolute Gasteiger partial charge is 0.263 e. The van der Waals surface area contributed by atoms with Crippen molar-refractivity contribution >= 4 is 39.9 Å². The predicted octanol–water partition coefficient (Wildman–Crippen LogP) is 2.18. The van der Waals surface area contributed by atoms with Crippen LogP contribution in [0, 0.1) is 0 Å². The molecule has 38 heavy (non-hydrogen) atoms. The van der Waals surface area contributed by atoms with E-state index in [-0.39, 0.29) is 6.42 Å². The van der Waals surface area contributed by atoms with Crippen molar-refractivity contribution < 1.29 is 32.5 Å². The molecule has 0 saturated carbocycles. The Morgan fingerprint density at radius 3 is 2.11 bits per heavy atom. The molecule has 196 valence electrons. The van der Waals surface area contributed by atoms with Crippen molar-refractivity contribution in [2.24, 2.45) is 0 Å². The minimum absolute atomic E-state index is 0.0354. The molecule has 3 aromatic rings. The van der Waals surface area contributed by atoms with Gasteiger partial charge in [0.25, 0.3) is 12.3 Å². The highest BCUT2D eigenvalue weighted by Crippen LogP contribution is 2.46. The molecule has 2 aliphatic rings. The third kappa shape index (κ3) is 4.56. The molecular weight excluding hydrogens is 534 g/mol. The van der Waals surface area contributed by atoms with Gasteiger partial charge in [0, 0.05) is 16.4 Å². The first-order valence-corrected chi connectivity index (χ1v) is 13.8. The van der Waals surface area contributed by atoms with Gasteiger partial charge in [-0.2, -0.15) is 0 Å². The number of hydrogen-bond acceptors (Lipinski definition) is 6. The van der Waals surface area contributed by atoms with Crippen LogP contribution in [0.4, 0.5) is 8.78 Å². The van der Waals surface area contributed by atoms with E-state index in [1.54, 1.807) is 78.2 Å². The molecule has 3 unspecified atom stereocenters. The lowest BCUT2D eigenvalue weighted by Gasteiger charge is -2.53. The number of carboxylic acids is 1. The number of thiophene rings is 1. The summed E-state index contributed by atoms with van der Waals surface area (Å²) in [7, 11) is -2.23. The lowest BCUT2D eigenvalue weighted by Crippen LogP contribution is -2.75. The number of halogens is 2. The van der Waals surface area contributed by atoms with Gasteiger partial charge < -0.3 is 15.2 Å². The number of carboxylic acid groups (broad SMARTS) is 1. The van der Waals surface area contributed by atoms with Gasteiger partial charge in [-0.25, -0.2) is 8.78 Å². The fraction of sp³-hybridized carbons (Fsp3) is 0.222. The molecule has 2 aromatic carbocycles. The Morgan fingerprint density at radius 1 is 1.00 bits per heavy atom. The van der Waals surface area contributed by atoms with Gasteiger partial charge in [-0.1, -0.05) is 66.7 Å². The van der Waals surface area contributed by atoms with Crippen LogP contribution in [-0.2, 0) is 31.6 Å². The highest BCUT2D eigenvalue weighted by Gasteiger charge is 2.60. The molecule has 0 spiro atoms. The number of β-lactam (4-membered cyclic amide) rings is 1. The highest BCUT2D eigenvalue weighted by atomic mass is 32.2. The Bertz CT molecular complexity index is 1370. The van der Waals surface area contributed by atoms with Crippen LogP contribution < -0.4 is 10.4 Å². The molecule has 2 amide bonds. The van der Waals surface area contributed by atoms with E-state index in [2.05, 4.69) is 5.32 Å². The Hall–Kier alpha value is -3.70. The molecule has 0 aliphatic carbocycles. The number of carbonyl (C=O) groups is 3. The number of aliphatic carboxylic acids is 1. The second-order valence-corrected chi connectivity index (χ2v) is 11.5. The number of nitrogens with one attached hydrogen (secondary N) is 1. The summed E-state index contributed by atoms with van der Waals surface area (Å²) in [4.78, 5) is 39.2. The number of carbonyl (C=O) groups excluding carboxylic acids is 3. The summed E-state index contributed by atoms with van der Waals surface area (Å²) < 4.78 is 43.4. The van der Waals surface area contributed by atoms with Gasteiger partial charge in [-0.15, -0.1) is 11.3 Å². The first-order valence-electron chi connectivity index (χ1n) is 11.7. The minimum Gasteiger partial charge on any atom is -0.543 e. The SMILES string of the molecule is O=C(Cc1cccs1)NC1C(=O)N2C(C(=O)[O-])=C(C(F)F)C(C(c3ccccc3)c3ccccc3)S(=O)[C@H]12. The van der Waals surface area contributed by atoms with Crippen molar-refractivity contribution in [2.75, 3.05) is 0 Å². The first kappa shape index (κ1) is 25.9. The third-order valence-corrected chi connectivity index (χ3v) is 9.49. The van der Waals surface area contributed by atoms with Crippen molar-refractivity contribution in [1.82, 2.24) is 10.2 Å². The van der Waals surface area contributed by atoms with Crippen LogP contribution in [0.15, 0.2) is 89.4 Å². The second kappa shape index (κ2) is 10.6. The molecule has 4 atom stereocenters. The van der Waals surface area contributed by atoms with E-state index in [0.717, 1.165) is 4.88 Å². The lowest BCUT2D eigenvalue weighted by molar-refractivity contribution is -0.301. The molecule has 1 fully saturated rings. The van der Waals surface area contributed by atoms with E-state index in [1.807, 2.05) is 0 Å². The Balaban J connectivity index is 1.61. The average molecular weight is 556 g/mol. The summed E-state index contributed by atoms with van der Waals surface area (Å²) >= 11 is 1.34. The average Bonchev–Trinajstić information content (AvgIpc) is 3.41. The molecule has 3 heterocycles. The molecular formula is C27H21F2N2O5S2-. The zero-order valence-electron chi connectivity index (χ0n) is 19.7. The van der Waals surface area contributed by atoms with Gasteiger partial charge in [0.2, 0.25) is 5.91 Å². The molecule has 0 bridgehead atoms. The van der Waals surface area contributed by atoms with Crippen LogP contribution in [-0.4, -0.2) is 50.0 Å². The second-order valence-electron chi connectivity index (χ2n) is 8.84. The molecule has 1 N–H and O–H groups in total. The van der Waals surface area contributed by atoms with E-state index in [4.69, 9.17) is 0 Å². The number of alkyl halides is 2. The summed E-state index contributed by atoms with van der Waals surface area (Å²) in [5, 5.41) is 13.7. The molecule has 2 aliphatic heterocycles. The largest absolute Gasteiger partial charge is 0.543 e. The van der Waals surface area contributed by atoms with Gasteiger partial charge in [0.05, 0.1) is 34.1 Å². The lowest BCUT2D eigenvalue weighted by atomic mass is 9.84. The standard InChI is InChI=1S/C27H22F2N2O5S2/c28-24(29)20-22(27(34)35)31-25(33)21(30-18(32)14-17-12-7-13-37-17)26(31)38(36)23(20)19(15-8-3-1-4-9-15)16-10-5-2-6-11-16/h1-13,19,21,23-24,26H,14H2,(H,30,32)(H,34,35)/p-1/t21?,23?,26-,38?/m1/s1. The number of benzene rings is 2. The van der Waals surface area contributed by atoms with Crippen molar-refractivity contribution in [3.05, 3.63) is 105 Å². The van der Waals surface area contributed by atoms with Crippen LogP contribution >= 0.6 is 11.3 Å². The van der Waals surface area contributed by atoms with Gasteiger partial charge in [-0.05, 0) is 22.6 Å². The fourth-order valence-corrected chi connectivity index (χ4v) is 7.96. The van der Waals surface area contributed by atoms with E-state index >= 15 is 0 Å². The van der Waals surface area contributed by atoms with Gasteiger partial charge in [-0.3, -0.25) is 18.7 Å². The van der Waals surface area contributed by atoms with Gasteiger partial charge in [0.1, 0.15) is 11.4 Å². The van der Waals surface area contributed by atoms with Crippen LogP contribution in [0.5, 0.6) is 0 Å². The van der Waals surface area contributed by atoms with Crippen molar-refractivity contribution in [3.8, 4) is 0 Å². The quantitative estimate of drug-likeness (QED) is 0.429. The van der Waals surface area contributed by atoms with Crippen molar-refractivity contribution in [1.29, 1.82) is 0 Å². The summed E-state index contributed by atoms with van der Waals surface area (Å²) in [5.41, 5.74) is -0.815. The van der Waals surface area contributed by atoms with Crippen LogP contribution in [0.25, 0.3) is 0 Å². The van der Waals surface area contributed by atoms with Gasteiger partial charge >= 0.3 is 0 Å². The molecule has 11 heteroatoms. The van der Waals surface area contributed by atoms with E-state index < -0.39 is 68.9 Å². The van der Waals surface area contributed by atoms with Crippen LogP contribution in [0.2, 0.25) is 0 Å². The highest BCUT2D eigenvalue weighted by molar-refractivity contribution is 7.86. The van der Waals surface area contributed by atoms with Crippen molar-refractivity contribution in [3.63, 3.8) is 0 Å². The van der Waals surface area contributed by atoms with Gasteiger partial charge in [0.15, 0.2) is 0 Å². The Morgan fingerprint density at radius 2 is 1.61 bits per heavy atom. The van der Waals surface area contributed by atoms with E-state index in [1.165, 1.54) is 11.3 Å². The Kier molecular flexibility index (Phi) is 7.22. The van der Waals surface area contributed by atoms with E-state index in [0.29, 0.717) is 16.0 Å². The molecule has 1 aromatic heterocycles. The van der Waals surface area contributed by atoms with Crippen LogP contribution in [0.3, 0.4) is 0 Å². The summed E-state index contributed by atoms with van der Waals surface area (Å²) in [6.07, 6.45) is -3.36. The van der Waals surface area contributed by atoms with E-state index in [9.17, 15) is 32.5 Å². The maximum Gasteiger partial charge on any atom is 0.263 e. The third-order valence-electron chi connectivity index (χ3n) is 6.63. The molecule has 0 radical (unpaired) electrons. The minimum atomic E-state index is -3.33. The van der Waals surface area contributed by atoms with Crippen molar-refractivity contribution in [2.45, 2.75) is 35.4 Å². The normalized spacial score (nSPS) is 22.8.